The van der Waals surface area contributed by atoms with E-state index >= 15 is 0 Å². The van der Waals surface area contributed by atoms with E-state index < -0.39 is 5.91 Å². The molecule has 0 aliphatic rings. The molecule has 0 atom stereocenters. The lowest BCUT2D eigenvalue weighted by molar-refractivity contribution is 0.0954. The fourth-order valence-corrected chi connectivity index (χ4v) is 2.79. The van der Waals surface area contributed by atoms with E-state index in [0.717, 1.165) is 4.47 Å². The molecule has 0 unspecified atom stereocenters. The number of hydrogen-bond donors (Lipinski definition) is 3. The van der Waals surface area contributed by atoms with Gasteiger partial charge in [-0.25, -0.2) is 5.43 Å². The third kappa shape index (κ3) is 5.45. The minimum Gasteiger partial charge on any atom is -0.504 e. The predicted octanol–water partition coefficient (Wildman–Crippen LogP) is 4.18. The highest BCUT2D eigenvalue weighted by Crippen LogP contribution is 2.25. The number of amides is 2. The fraction of sp³-hybridized carbons (Fsp3) is 0.0455. The molecule has 0 saturated heterocycles. The molecule has 152 valence electrons. The standard InChI is InChI=1S/C22H18BrN3O4/c1-30-20-11-2-14(12-19(20)27)13-24-26-22(29)16-5-9-18(10-6-16)25-21(28)15-3-7-17(23)8-4-15/h2-13,27H,1H3,(H,25,28)(H,26,29)/b24-13-. The topological polar surface area (TPSA) is 100 Å². The first-order valence-electron chi connectivity index (χ1n) is 8.83. The lowest BCUT2D eigenvalue weighted by Crippen LogP contribution is -2.17. The third-order valence-corrected chi connectivity index (χ3v) is 4.62. The first-order chi connectivity index (χ1) is 14.5. The number of carbonyl (C=O) groups is 2. The van der Waals surface area contributed by atoms with E-state index in [0.29, 0.717) is 28.1 Å². The van der Waals surface area contributed by atoms with Crippen molar-refractivity contribution >= 4 is 39.6 Å². The Kier molecular flexibility index (Phi) is 6.82. The molecule has 7 nitrogen and oxygen atoms in total. The lowest BCUT2D eigenvalue weighted by atomic mass is 10.1. The van der Waals surface area contributed by atoms with E-state index in [9.17, 15) is 14.7 Å². The average molecular weight is 468 g/mol. The van der Waals surface area contributed by atoms with Crippen molar-refractivity contribution in [2.45, 2.75) is 0 Å². The van der Waals surface area contributed by atoms with E-state index in [2.05, 4.69) is 31.8 Å². The van der Waals surface area contributed by atoms with Gasteiger partial charge in [-0.15, -0.1) is 0 Å². The second-order valence-corrected chi connectivity index (χ2v) is 7.08. The summed E-state index contributed by atoms with van der Waals surface area (Å²) in [5, 5.41) is 16.4. The van der Waals surface area contributed by atoms with Crippen molar-refractivity contribution in [2.75, 3.05) is 12.4 Å². The maximum Gasteiger partial charge on any atom is 0.271 e. The summed E-state index contributed by atoms with van der Waals surface area (Å²) in [7, 11) is 1.46. The number of benzene rings is 3. The molecule has 0 heterocycles. The van der Waals surface area contributed by atoms with Gasteiger partial charge in [0.2, 0.25) is 0 Å². The highest BCUT2D eigenvalue weighted by molar-refractivity contribution is 9.10. The maximum absolute atomic E-state index is 12.2. The zero-order valence-corrected chi connectivity index (χ0v) is 17.5. The number of halogens is 1. The molecule has 0 aliphatic heterocycles. The highest BCUT2D eigenvalue weighted by Gasteiger charge is 2.08. The Bertz CT molecular complexity index is 1080. The fourth-order valence-electron chi connectivity index (χ4n) is 2.53. The monoisotopic (exact) mass is 467 g/mol. The second-order valence-electron chi connectivity index (χ2n) is 6.17. The van der Waals surface area contributed by atoms with Gasteiger partial charge in [0.15, 0.2) is 11.5 Å². The van der Waals surface area contributed by atoms with Crippen LogP contribution in [0.5, 0.6) is 11.5 Å². The van der Waals surface area contributed by atoms with Crippen LogP contribution in [0.15, 0.2) is 76.3 Å². The van der Waals surface area contributed by atoms with Crippen LogP contribution in [0.3, 0.4) is 0 Å². The Balaban J connectivity index is 1.57. The zero-order valence-electron chi connectivity index (χ0n) is 15.9. The van der Waals surface area contributed by atoms with Crippen LogP contribution in [0.25, 0.3) is 0 Å². The molecule has 3 aromatic carbocycles. The number of nitrogens with zero attached hydrogens (tertiary/aromatic N) is 1. The minimum absolute atomic E-state index is 0.0199. The number of ether oxygens (including phenoxy) is 1. The van der Waals surface area contributed by atoms with Gasteiger partial charge in [-0.2, -0.15) is 5.10 Å². The van der Waals surface area contributed by atoms with Gasteiger partial charge in [-0.1, -0.05) is 15.9 Å². The van der Waals surface area contributed by atoms with E-state index in [-0.39, 0.29) is 11.7 Å². The number of aromatic hydroxyl groups is 1. The van der Waals surface area contributed by atoms with E-state index in [1.807, 2.05) is 0 Å². The van der Waals surface area contributed by atoms with Crippen LogP contribution >= 0.6 is 15.9 Å². The van der Waals surface area contributed by atoms with Crippen LogP contribution in [0, 0.1) is 0 Å². The summed E-state index contributed by atoms with van der Waals surface area (Å²) in [6, 6.07) is 18.2. The molecule has 0 aliphatic carbocycles. The van der Waals surface area contributed by atoms with Gasteiger partial charge in [-0.3, -0.25) is 9.59 Å². The van der Waals surface area contributed by atoms with Crippen molar-refractivity contribution in [3.8, 4) is 11.5 Å². The van der Waals surface area contributed by atoms with Crippen LogP contribution in [0.2, 0.25) is 0 Å². The number of phenols is 1. The quantitative estimate of drug-likeness (QED) is 0.373. The van der Waals surface area contributed by atoms with Gasteiger partial charge in [0, 0.05) is 21.3 Å². The van der Waals surface area contributed by atoms with Crippen molar-refractivity contribution in [1.82, 2.24) is 5.43 Å². The number of carbonyl (C=O) groups excluding carboxylic acids is 2. The number of phenolic OH excluding ortho intramolecular Hbond substituents is 1. The SMILES string of the molecule is COc1ccc(/C=N\NC(=O)c2ccc(NC(=O)c3ccc(Br)cc3)cc2)cc1O. The van der Waals surface area contributed by atoms with Crippen molar-refractivity contribution in [1.29, 1.82) is 0 Å². The molecule has 30 heavy (non-hydrogen) atoms. The number of nitrogens with one attached hydrogen (secondary N) is 2. The van der Waals surface area contributed by atoms with Gasteiger partial charge in [0.25, 0.3) is 11.8 Å². The molecule has 0 aromatic heterocycles. The van der Waals surface area contributed by atoms with Crippen molar-refractivity contribution in [3.63, 3.8) is 0 Å². The van der Waals surface area contributed by atoms with Gasteiger partial charge >= 0.3 is 0 Å². The summed E-state index contributed by atoms with van der Waals surface area (Å²) in [5.74, 6) is -0.320. The number of anilines is 1. The molecule has 8 heteroatoms. The van der Waals surface area contributed by atoms with Crippen LogP contribution in [0.1, 0.15) is 26.3 Å². The van der Waals surface area contributed by atoms with E-state index in [1.165, 1.54) is 19.4 Å². The second kappa shape index (κ2) is 9.71. The van der Waals surface area contributed by atoms with Crippen LogP contribution in [0.4, 0.5) is 5.69 Å². The number of hydrazone groups is 1. The van der Waals surface area contributed by atoms with Crippen LogP contribution in [-0.2, 0) is 0 Å². The van der Waals surface area contributed by atoms with Crippen molar-refractivity contribution in [3.05, 3.63) is 87.9 Å². The van der Waals surface area contributed by atoms with Gasteiger partial charge in [0.05, 0.1) is 13.3 Å². The Morgan fingerprint density at radius 3 is 2.23 bits per heavy atom. The minimum atomic E-state index is -0.408. The molecular weight excluding hydrogens is 450 g/mol. The summed E-state index contributed by atoms with van der Waals surface area (Å²) < 4.78 is 5.86. The zero-order chi connectivity index (χ0) is 21.5. The molecular formula is C22H18BrN3O4. The Morgan fingerprint density at radius 2 is 1.60 bits per heavy atom. The summed E-state index contributed by atoms with van der Waals surface area (Å²) >= 11 is 3.33. The predicted molar refractivity (Wildman–Crippen MR) is 118 cm³/mol. The summed E-state index contributed by atoms with van der Waals surface area (Å²) in [6.07, 6.45) is 1.41. The third-order valence-electron chi connectivity index (χ3n) is 4.09. The van der Waals surface area contributed by atoms with Gasteiger partial charge in [-0.05, 0) is 72.3 Å². The number of methoxy groups -OCH3 is 1. The number of hydrogen-bond acceptors (Lipinski definition) is 5. The first kappa shape index (κ1) is 21.1. The smallest absolute Gasteiger partial charge is 0.271 e. The molecule has 3 N–H and O–H groups in total. The van der Waals surface area contributed by atoms with Crippen LogP contribution < -0.4 is 15.5 Å². The Labute approximate surface area is 181 Å². The summed E-state index contributed by atoms with van der Waals surface area (Å²) in [4.78, 5) is 24.4. The molecule has 0 fully saturated rings. The summed E-state index contributed by atoms with van der Waals surface area (Å²) in [5.41, 5.74) is 4.48. The Morgan fingerprint density at radius 1 is 0.967 bits per heavy atom. The molecule has 3 rings (SSSR count). The summed E-state index contributed by atoms with van der Waals surface area (Å²) in [6.45, 7) is 0. The average Bonchev–Trinajstić information content (AvgIpc) is 2.75. The molecule has 0 saturated carbocycles. The van der Waals surface area contributed by atoms with Gasteiger partial charge in [0.1, 0.15) is 0 Å². The molecule has 3 aromatic rings. The molecule has 0 radical (unpaired) electrons. The molecule has 0 spiro atoms. The number of rotatable bonds is 6. The largest absolute Gasteiger partial charge is 0.504 e. The van der Waals surface area contributed by atoms with E-state index in [1.54, 1.807) is 60.7 Å². The Hall–Kier alpha value is -3.65. The maximum atomic E-state index is 12.2. The van der Waals surface area contributed by atoms with E-state index in [4.69, 9.17) is 4.74 Å². The van der Waals surface area contributed by atoms with Crippen molar-refractivity contribution < 1.29 is 19.4 Å². The first-order valence-corrected chi connectivity index (χ1v) is 9.63. The lowest BCUT2D eigenvalue weighted by Gasteiger charge is -2.06. The van der Waals surface area contributed by atoms with Gasteiger partial charge < -0.3 is 15.2 Å². The highest BCUT2D eigenvalue weighted by atomic mass is 79.9. The van der Waals surface area contributed by atoms with Crippen molar-refractivity contribution in [2.24, 2.45) is 5.10 Å². The molecule has 0 bridgehead atoms. The normalized spacial score (nSPS) is 10.6. The molecule has 2 amide bonds. The van der Waals surface area contributed by atoms with Crippen LogP contribution in [-0.4, -0.2) is 30.2 Å².